The van der Waals surface area contributed by atoms with E-state index in [9.17, 15) is 9.90 Å². The first kappa shape index (κ1) is 18.1. The average molecular weight is 386 g/mol. The molecule has 27 heavy (non-hydrogen) atoms. The van der Waals surface area contributed by atoms with E-state index < -0.39 is 22.9 Å². The number of anilines is 1. The molecule has 2 aliphatic rings. The minimum atomic E-state index is -0.761. The molecule has 0 saturated carbocycles. The van der Waals surface area contributed by atoms with Crippen LogP contribution in [0.15, 0.2) is 41.7 Å². The van der Waals surface area contributed by atoms with Crippen molar-refractivity contribution >= 4 is 42.2 Å². The number of aliphatic imine (C=N–C) groups is 1. The predicted octanol–water partition coefficient (Wildman–Crippen LogP) is 1.53. The van der Waals surface area contributed by atoms with E-state index in [-0.39, 0.29) is 17.6 Å². The number of fused-ring (bicyclic) bond motifs is 1. The summed E-state index contributed by atoms with van der Waals surface area (Å²) in [6.45, 7) is 1.84. The number of aromatic nitrogens is 2. The Balaban J connectivity index is 1.90. The van der Waals surface area contributed by atoms with Crippen molar-refractivity contribution in [3.8, 4) is 0 Å². The Labute approximate surface area is 161 Å². The molecule has 1 saturated heterocycles. The molecule has 8 nitrogen and oxygen atoms in total. The summed E-state index contributed by atoms with van der Waals surface area (Å²) in [6, 6.07) is 8.87. The zero-order chi connectivity index (χ0) is 19.2. The van der Waals surface area contributed by atoms with Crippen LogP contribution in [0, 0.1) is 5.92 Å². The van der Waals surface area contributed by atoms with Crippen molar-refractivity contribution in [3.05, 3.63) is 42.2 Å². The lowest BCUT2D eigenvalue weighted by Crippen LogP contribution is -2.61. The first-order chi connectivity index (χ1) is 13.0. The lowest BCUT2D eigenvalue weighted by molar-refractivity contribution is -0.0212. The van der Waals surface area contributed by atoms with Gasteiger partial charge in [0.25, 0.3) is 5.82 Å². The van der Waals surface area contributed by atoms with Crippen LogP contribution in [0.4, 0.5) is 17.3 Å². The molecule has 0 spiro atoms. The Hall–Kier alpha value is -2.33. The number of carbonyl (C=O) groups is 1. The number of nitrogen functional groups attached to an aromatic ring is 1. The molecule has 1 aromatic carbocycles. The van der Waals surface area contributed by atoms with Crippen LogP contribution in [0.3, 0.4) is 0 Å². The van der Waals surface area contributed by atoms with Gasteiger partial charge in [-0.15, -0.1) is 4.48 Å². The van der Waals surface area contributed by atoms with Gasteiger partial charge in [-0.25, -0.2) is 9.78 Å². The van der Waals surface area contributed by atoms with Crippen LogP contribution in [0.1, 0.15) is 17.3 Å². The van der Waals surface area contributed by atoms with Crippen LogP contribution < -0.4 is 10.2 Å². The number of nitrogens with zero attached hydrogens (tertiary/aromatic N) is 4. The van der Waals surface area contributed by atoms with E-state index in [1.807, 2.05) is 13.0 Å². The number of carbonyl (C=O) groups excluding carboxylic acids is 1. The number of benzene rings is 1. The summed E-state index contributed by atoms with van der Waals surface area (Å²) in [5, 5.41) is 10.6. The van der Waals surface area contributed by atoms with Gasteiger partial charge in [-0.3, -0.25) is 0 Å². The monoisotopic (exact) mass is 386 g/mol. The van der Waals surface area contributed by atoms with Crippen molar-refractivity contribution in [1.82, 2.24) is 14.5 Å². The second-order valence-corrected chi connectivity index (χ2v) is 7.09. The Morgan fingerprint density at radius 1 is 1.33 bits per heavy atom. The Bertz CT molecular complexity index is 909. The van der Waals surface area contributed by atoms with Gasteiger partial charge in [0, 0.05) is 5.75 Å². The number of quaternary nitrogens is 1. The highest BCUT2D eigenvalue weighted by molar-refractivity contribution is 7.80. The highest BCUT2D eigenvalue weighted by Gasteiger charge is 2.60. The molecule has 1 unspecified atom stereocenters. The first-order valence-corrected chi connectivity index (χ1v) is 9.23. The van der Waals surface area contributed by atoms with E-state index in [0.29, 0.717) is 22.8 Å². The van der Waals surface area contributed by atoms with Gasteiger partial charge in [-0.1, -0.05) is 25.1 Å². The van der Waals surface area contributed by atoms with Gasteiger partial charge < -0.3 is 15.6 Å². The number of hydrogen-bond donors (Lipinski definition) is 3. The number of aliphatic hydroxyl groups excluding tert-OH is 1. The number of nitrogens with two attached hydrogens (primary N) is 1. The average Bonchev–Trinajstić information content (AvgIpc) is 3.22. The lowest BCUT2D eigenvalue weighted by atomic mass is 10.00. The first-order valence-electron chi connectivity index (χ1n) is 8.59. The number of ether oxygens (including phenoxy) is 1. The second-order valence-electron chi connectivity index (χ2n) is 6.72. The molecular weight excluding hydrogens is 366 g/mol. The van der Waals surface area contributed by atoms with Gasteiger partial charge in [-0.2, -0.15) is 22.6 Å². The minimum absolute atomic E-state index is 0.189. The van der Waals surface area contributed by atoms with Crippen molar-refractivity contribution in [2.45, 2.75) is 25.4 Å². The van der Waals surface area contributed by atoms with Crippen LogP contribution in [0.2, 0.25) is 0 Å². The summed E-state index contributed by atoms with van der Waals surface area (Å²) in [5.74, 6) is 0.245. The molecule has 4 rings (SSSR count). The summed E-state index contributed by atoms with van der Waals surface area (Å²) in [4.78, 5) is 26.3. The highest BCUT2D eigenvalue weighted by atomic mass is 32.1. The fourth-order valence-electron chi connectivity index (χ4n) is 3.73. The van der Waals surface area contributed by atoms with E-state index in [4.69, 9.17) is 10.5 Å². The second kappa shape index (κ2) is 6.68. The van der Waals surface area contributed by atoms with Gasteiger partial charge in [0.05, 0.1) is 23.7 Å². The molecule has 2 aliphatic heterocycles. The number of thiol groups is 1. The molecule has 1 aromatic heterocycles. The Morgan fingerprint density at radius 2 is 2.07 bits per heavy atom. The quantitative estimate of drug-likeness (QED) is 0.545. The standard InChI is InChI=1S/C18H19N5O3S/c1-10-14(24)12(7-27)26-18(10)23(17(25)11-5-3-2-4-6-11)9-22-13-15(19)20-8-21-16(13)23/h2-6,8-10,12,14,18,24H,7H2,1H3,(H2-,19,20,21,27)/p+1/t10-,12-,14+,18-,23?/m1/s1. The van der Waals surface area contributed by atoms with Crippen molar-refractivity contribution in [2.75, 3.05) is 11.5 Å². The zero-order valence-electron chi connectivity index (χ0n) is 14.6. The third-order valence-corrected chi connectivity index (χ3v) is 5.53. The van der Waals surface area contributed by atoms with Gasteiger partial charge in [0.1, 0.15) is 6.33 Å². The van der Waals surface area contributed by atoms with Crippen molar-refractivity contribution < 1.29 is 14.6 Å². The van der Waals surface area contributed by atoms with Crippen molar-refractivity contribution in [3.63, 3.8) is 0 Å². The summed E-state index contributed by atoms with van der Waals surface area (Å²) in [6.07, 6.45) is 0.815. The minimum Gasteiger partial charge on any atom is -0.390 e. The van der Waals surface area contributed by atoms with Crippen LogP contribution in [0.5, 0.6) is 0 Å². The molecule has 140 valence electrons. The molecule has 2 aromatic rings. The van der Waals surface area contributed by atoms with Crippen molar-refractivity contribution in [2.24, 2.45) is 10.9 Å². The Kier molecular flexibility index (Phi) is 4.47. The molecule has 5 atom stereocenters. The SMILES string of the molecule is C[C@@H]1[C@H](O)[C@@H](CS)O[C@H]1[N+]1(C(=O)c2ccccc2)C=Nc2c(N)ncnc21. The fraction of sp³-hybridized carbons (Fsp3) is 0.333. The molecule has 0 bridgehead atoms. The number of amides is 1. The summed E-state index contributed by atoms with van der Waals surface area (Å²) < 4.78 is 5.69. The highest BCUT2D eigenvalue weighted by Crippen LogP contribution is 2.46. The molecule has 9 heteroatoms. The summed E-state index contributed by atoms with van der Waals surface area (Å²) in [5.41, 5.74) is 6.79. The largest absolute Gasteiger partial charge is 0.390 e. The number of rotatable bonds is 3. The molecule has 1 amide bonds. The van der Waals surface area contributed by atoms with E-state index in [2.05, 4.69) is 27.6 Å². The van der Waals surface area contributed by atoms with E-state index in [1.54, 1.807) is 24.3 Å². The van der Waals surface area contributed by atoms with E-state index >= 15 is 0 Å². The van der Waals surface area contributed by atoms with Crippen LogP contribution >= 0.6 is 12.6 Å². The molecule has 0 radical (unpaired) electrons. The lowest BCUT2D eigenvalue weighted by Gasteiger charge is -2.34. The van der Waals surface area contributed by atoms with Gasteiger partial charge in [0.15, 0.2) is 11.5 Å². The third kappa shape index (κ3) is 2.58. The molecule has 1 fully saturated rings. The molecule has 3 N–H and O–H groups in total. The Morgan fingerprint density at radius 3 is 2.74 bits per heavy atom. The fourth-order valence-corrected chi connectivity index (χ4v) is 4.04. The molecular formula is C18H20N5O3S+. The van der Waals surface area contributed by atoms with Gasteiger partial charge >= 0.3 is 5.91 Å². The maximum absolute atomic E-state index is 13.7. The van der Waals surface area contributed by atoms with Crippen LogP contribution in [-0.4, -0.2) is 51.5 Å². The zero-order valence-corrected chi connectivity index (χ0v) is 15.5. The molecule has 3 heterocycles. The normalized spacial score (nSPS) is 31.8. The number of aliphatic hydroxyl groups is 1. The van der Waals surface area contributed by atoms with Crippen LogP contribution in [0.25, 0.3) is 0 Å². The maximum atomic E-state index is 13.7. The van der Waals surface area contributed by atoms with E-state index in [0.717, 1.165) is 0 Å². The topological polar surface area (TPSA) is 111 Å². The van der Waals surface area contributed by atoms with E-state index in [1.165, 1.54) is 12.7 Å². The maximum Gasteiger partial charge on any atom is 0.360 e. The van der Waals surface area contributed by atoms with Crippen molar-refractivity contribution in [1.29, 1.82) is 0 Å². The summed E-state index contributed by atoms with van der Waals surface area (Å²) in [7, 11) is 0. The number of hydrogen-bond acceptors (Lipinski definition) is 8. The van der Waals surface area contributed by atoms with Crippen LogP contribution in [-0.2, 0) is 4.74 Å². The molecule has 0 aliphatic carbocycles. The predicted molar refractivity (Wildman–Crippen MR) is 105 cm³/mol. The smallest absolute Gasteiger partial charge is 0.360 e. The van der Waals surface area contributed by atoms with Gasteiger partial charge in [0.2, 0.25) is 12.6 Å². The van der Waals surface area contributed by atoms with Gasteiger partial charge in [-0.05, 0) is 12.1 Å². The third-order valence-electron chi connectivity index (χ3n) is 5.17. The summed E-state index contributed by atoms with van der Waals surface area (Å²) >= 11 is 4.26.